The molecule has 0 radical (unpaired) electrons. The number of piperidine rings is 1. The van der Waals surface area contributed by atoms with E-state index in [2.05, 4.69) is 4.98 Å². The van der Waals surface area contributed by atoms with Crippen molar-refractivity contribution in [3.8, 4) is 0 Å². The van der Waals surface area contributed by atoms with Crippen LogP contribution >= 0.6 is 0 Å². The van der Waals surface area contributed by atoms with Gasteiger partial charge in [-0.05, 0) is 44.4 Å². The fraction of sp³-hybridized carbons (Fsp3) is 0.625. The molecule has 1 saturated heterocycles. The summed E-state index contributed by atoms with van der Waals surface area (Å²) in [5.41, 5.74) is 7.41. The Morgan fingerprint density at radius 3 is 2.90 bits per heavy atom. The molecule has 0 saturated carbocycles. The maximum atomic E-state index is 12.3. The summed E-state index contributed by atoms with van der Waals surface area (Å²) in [6.45, 7) is 4.94. The van der Waals surface area contributed by atoms with Gasteiger partial charge in [0, 0.05) is 25.9 Å². The van der Waals surface area contributed by atoms with Crippen molar-refractivity contribution in [3.63, 3.8) is 0 Å². The lowest BCUT2D eigenvalue weighted by Gasteiger charge is -2.32. The van der Waals surface area contributed by atoms with Crippen molar-refractivity contribution in [3.05, 3.63) is 29.6 Å². The number of rotatable bonds is 6. The van der Waals surface area contributed by atoms with Crippen molar-refractivity contribution < 1.29 is 9.53 Å². The Hall–Kier alpha value is -1.46. The first kappa shape index (κ1) is 15.9. The quantitative estimate of drug-likeness (QED) is 0.802. The number of nitrogens with two attached hydrogens (primary N) is 1. The highest BCUT2D eigenvalue weighted by molar-refractivity contribution is 5.78. The van der Waals surface area contributed by atoms with Gasteiger partial charge in [-0.3, -0.25) is 9.78 Å². The van der Waals surface area contributed by atoms with Gasteiger partial charge in [-0.2, -0.15) is 0 Å². The summed E-state index contributed by atoms with van der Waals surface area (Å²) < 4.78 is 5.76. The topological polar surface area (TPSA) is 68.5 Å². The van der Waals surface area contributed by atoms with E-state index in [4.69, 9.17) is 10.5 Å². The molecule has 2 N–H and O–H groups in total. The Morgan fingerprint density at radius 1 is 1.48 bits per heavy atom. The van der Waals surface area contributed by atoms with Gasteiger partial charge >= 0.3 is 0 Å². The third kappa shape index (κ3) is 4.79. The summed E-state index contributed by atoms with van der Waals surface area (Å²) >= 11 is 0. The Morgan fingerprint density at radius 2 is 2.24 bits per heavy atom. The lowest BCUT2D eigenvalue weighted by molar-refractivity contribution is -0.133. The van der Waals surface area contributed by atoms with Gasteiger partial charge in [0.1, 0.15) is 0 Å². The maximum absolute atomic E-state index is 12.3. The minimum Gasteiger partial charge on any atom is -0.378 e. The molecule has 1 fully saturated rings. The average Bonchev–Trinajstić information content (AvgIpc) is 2.50. The van der Waals surface area contributed by atoms with Gasteiger partial charge in [-0.15, -0.1) is 0 Å². The zero-order chi connectivity index (χ0) is 15.1. The van der Waals surface area contributed by atoms with E-state index in [1.54, 1.807) is 6.20 Å². The normalized spacial score (nSPS) is 16.2. The van der Waals surface area contributed by atoms with Gasteiger partial charge in [0.15, 0.2) is 0 Å². The second-order valence-corrected chi connectivity index (χ2v) is 5.54. The van der Waals surface area contributed by atoms with Gasteiger partial charge in [-0.25, -0.2) is 0 Å². The van der Waals surface area contributed by atoms with Crippen LogP contribution in [0, 0.1) is 6.92 Å². The summed E-state index contributed by atoms with van der Waals surface area (Å²) in [5, 5.41) is 0. The number of nitrogens with zero attached hydrogens (tertiary/aromatic N) is 2. The van der Waals surface area contributed by atoms with Crippen LogP contribution in [0.25, 0.3) is 0 Å². The number of hydrogen-bond acceptors (Lipinski definition) is 4. The zero-order valence-corrected chi connectivity index (χ0v) is 12.8. The van der Waals surface area contributed by atoms with Crippen molar-refractivity contribution in [2.24, 2.45) is 5.73 Å². The maximum Gasteiger partial charge on any atom is 0.228 e. The SMILES string of the molecule is Cc1cccnc1CC(=O)N1CCC(OCCCN)CC1. The van der Waals surface area contributed by atoms with E-state index < -0.39 is 0 Å². The summed E-state index contributed by atoms with van der Waals surface area (Å²) in [4.78, 5) is 18.5. The molecule has 1 amide bonds. The molecule has 0 unspecified atom stereocenters. The van der Waals surface area contributed by atoms with E-state index in [1.807, 2.05) is 24.0 Å². The molecule has 116 valence electrons. The fourth-order valence-corrected chi connectivity index (χ4v) is 2.56. The number of ether oxygens (including phenoxy) is 1. The minimum absolute atomic E-state index is 0.164. The first-order valence-electron chi connectivity index (χ1n) is 7.70. The van der Waals surface area contributed by atoms with E-state index in [0.717, 1.165) is 50.2 Å². The van der Waals surface area contributed by atoms with Gasteiger partial charge < -0.3 is 15.4 Å². The third-order valence-corrected chi connectivity index (χ3v) is 3.93. The number of aryl methyl sites for hydroxylation is 1. The zero-order valence-electron chi connectivity index (χ0n) is 12.8. The highest BCUT2D eigenvalue weighted by Gasteiger charge is 2.23. The lowest BCUT2D eigenvalue weighted by Crippen LogP contribution is -2.41. The smallest absolute Gasteiger partial charge is 0.228 e. The van der Waals surface area contributed by atoms with Crippen LogP contribution in [0.1, 0.15) is 30.5 Å². The number of carbonyl (C=O) groups is 1. The van der Waals surface area contributed by atoms with Gasteiger partial charge in [0.2, 0.25) is 5.91 Å². The molecular weight excluding hydrogens is 266 g/mol. The van der Waals surface area contributed by atoms with Crippen molar-refractivity contribution in [2.75, 3.05) is 26.2 Å². The molecule has 1 aliphatic rings. The molecule has 5 heteroatoms. The average molecular weight is 291 g/mol. The van der Waals surface area contributed by atoms with Crippen molar-refractivity contribution in [1.82, 2.24) is 9.88 Å². The Labute approximate surface area is 126 Å². The van der Waals surface area contributed by atoms with Crippen molar-refractivity contribution in [1.29, 1.82) is 0 Å². The standard InChI is InChI=1S/C16H25N3O2/c1-13-4-2-8-18-15(13)12-16(20)19-9-5-14(6-10-19)21-11-3-7-17/h2,4,8,14H,3,5-7,9-12,17H2,1H3. The van der Waals surface area contributed by atoms with Crippen LogP contribution in [0.15, 0.2) is 18.3 Å². The van der Waals surface area contributed by atoms with Crippen LogP contribution in [0.4, 0.5) is 0 Å². The van der Waals surface area contributed by atoms with Crippen LogP contribution in [-0.4, -0.2) is 48.1 Å². The molecule has 21 heavy (non-hydrogen) atoms. The van der Waals surface area contributed by atoms with E-state index in [-0.39, 0.29) is 12.0 Å². The Bertz CT molecular complexity index is 457. The molecule has 1 aromatic heterocycles. The third-order valence-electron chi connectivity index (χ3n) is 3.93. The van der Waals surface area contributed by atoms with Gasteiger partial charge in [0.25, 0.3) is 0 Å². The predicted molar refractivity (Wildman–Crippen MR) is 81.9 cm³/mol. The monoisotopic (exact) mass is 291 g/mol. The molecule has 0 aliphatic carbocycles. The Balaban J connectivity index is 1.77. The van der Waals surface area contributed by atoms with Gasteiger partial charge in [0.05, 0.1) is 18.2 Å². The van der Waals surface area contributed by atoms with E-state index >= 15 is 0 Å². The molecule has 0 aromatic carbocycles. The van der Waals surface area contributed by atoms with Gasteiger partial charge in [-0.1, -0.05) is 6.07 Å². The van der Waals surface area contributed by atoms with Crippen molar-refractivity contribution in [2.45, 2.75) is 38.7 Å². The first-order chi connectivity index (χ1) is 10.2. The Kier molecular flexibility index (Phi) is 6.14. The fourth-order valence-electron chi connectivity index (χ4n) is 2.56. The molecule has 2 heterocycles. The summed E-state index contributed by atoms with van der Waals surface area (Å²) in [6, 6.07) is 3.89. The number of aromatic nitrogens is 1. The number of hydrogen-bond donors (Lipinski definition) is 1. The number of amides is 1. The largest absolute Gasteiger partial charge is 0.378 e. The van der Waals surface area contributed by atoms with Crippen LogP contribution in [-0.2, 0) is 16.0 Å². The highest BCUT2D eigenvalue weighted by Crippen LogP contribution is 2.15. The van der Waals surface area contributed by atoms with E-state index in [0.29, 0.717) is 13.0 Å². The van der Waals surface area contributed by atoms with E-state index in [1.165, 1.54) is 0 Å². The summed E-state index contributed by atoms with van der Waals surface area (Å²) in [7, 11) is 0. The molecule has 2 rings (SSSR count). The van der Waals surface area contributed by atoms with Crippen molar-refractivity contribution >= 4 is 5.91 Å². The molecule has 0 spiro atoms. The predicted octanol–water partition coefficient (Wildman–Crippen LogP) is 1.29. The number of likely N-dealkylation sites (tertiary alicyclic amines) is 1. The molecule has 0 bridgehead atoms. The molecule has 5 nitrogen and oxygen atoms in total. The van der Waals surface area contributed by atoms with E-state index in [9.17, 15) is 4.79 Å². The second kappa shape index (κ2) is 8.10. The molecular formula is C16H25N3O2. The number of pyridine rings is 1. The molecule has 1 aliphatic heterocycles. The second-order valence-electron chi connectivity index (χ2n) is 5.54. The highest BCUT2D eigenvalue weighted by atomic mass is 16.5. The molecule has 0 atom stereocenters. The summed E-state index contributed by atoms with van der Waals surface area (Å²) in [6.07, 6.45) is 5.14. The van der Waals surface area contributed by atoms with Crippen LogP contribution in [0.3, 0.4) is 0 Å². The molecule has 1 aromatic rings. The minimum atomic E-state index is 0.164. The summed E-state index contributed by atoms with van der Waals surface area (Å²) in [5.74, 6) is 0.164. The van der Waals surface area contributed by atoms with Crippen LogP contribution in [0.2, 0.25) is 0 Å². The lowest BCUT2D eigenvalue weighted by atomic mass is 10.1. The van der Waals surface area contributed by atoms with Crippen LogP contribution < -0.4 is 5.73 Å². The first-order valence-corrected chi connectivity index (χ1v) is 7.70. The van der Waals surface area contributed by atoms with Crippen LogP contribution in [0.5, 0.6) is 0 Å². The number of carbonyl (C=O) groups excluding carboxylic acids is 1.